The van der Waals surface area contributed by atoms with Crippen LogP contribution in [-0.2, 0) is 38.9 Å². The lowest BCUT2D eigenvalue weighted by Crippen LogP contribution is -2.49. The van der Waals surface area contributed by atoms with Gasteiger partial charge in [0, 0.05) is 13.0 Å². The van der Waals surface area contributed by atoms with Crippen LogP contribution in [0.4, 0.5) is 5.82 Å². The van der Waals surface area contributed by atoms with Crippen LogP contribution in [0.5, 0.6) is 0 Å². The van der Waals surface area contributed by atoms with Crippen molar-refractivity contribution in [2.24, 2.45) is 17.1 Å². The van der Waals surface area contributed by atoms with Crippen LogP contribution in [0, 0.1) is 22.7 Å². The molecule has 1 amide bonds. The van der Waals surface area contributed by atoms with Gasteiger partial charge in [-0.1, -0.05) is 53.4 Å². The number of rotatable bonds is 13. The van der Waals surface area contributed by atoms with Crippen molar-refractivity contribution in [1.82, 2.24) is 14.6 Å². The van der Waals surface area contributed by atoms with E-state index < -0.39 is 58.8 Å². The number of fused-ring (bicyclic) bond motifs is 1. The molecule has 0 spiro atoms. The smallest absolute Gasteiger partial charge is 0.323 e. The molecule has 1 saturated carbocycles. The minimum absolute atomic E-state index is 0.0843. The molecular weight excluding hydrogens is 620 g/mol. The Morgan fingerprint density at radius 1 is 1.21 bits per heavy atom. The number of aliphatic hydroxyl groups is 1. The first-order valence-corrected chi connectivity index (χ1v) is 16.8. The minimum atomic E-state index is -2.12. The molecule has 4 N–H and O–H groups in total. The molecule has 264 valence electrons. The lowest BCUT2D eigenvalue weighted by atomic mass is 9.87. The summed E-state index contributed by atoms with van der Waals surface area (Å²) in [6.07, 6.45) is 3.97. The standard InChI is InChI=1S/C34H50N6O8/c1-7-8-16-46-33(5,6)31(44)39-29-22-14-15-24(40(22)38-20-37-29)34(19-35)28(42)26(47-30(43)27(36)32(2,3)4)23(48-34)18-45-25(41)17-21-12-10-9-11-13-21/h14-15,20-21,23,26-28,42H,7-13,16-18,36H2,1-6H3,(H,37,38,39,44)/t23-,26-,27-,28-,34+/m1/s1. The first-order valence-electron chi connectivity index (χ1n) is 16.8. The number of anilines is 1. The quantitative estimate of drug-likeness (QED) is 0.207. The van der Waals surface area contributed by atoms with E-state index in [2.05, 4.69) is 21.5 Å². The predicted molar refractivity (Wildman–Crippen MR) is 174 cm³/mol. The molecule has 1 saturated heterocycles. The highest BCUT2D eigenvalue weighted by molar-refractivity contribution is 5.98. The van der Waals surface area contributed by atoms with Crippen molar-refractivity contribution in [2.75, 3.05) is 18.5 Å². The van der Waals surface area contributed by atoms with E-state index >= 15 is 0 Å². The van der Waals surface area contributed by atoms with E-state index in [1.54, 1.807) is 40.7 Å². The summed E-state index contributed by atoms with van der Waals surface area (Å²) in [5, 5.41) is 29.4. The van der Waals surface area contributed by atoms with Crippen molar-refractivity contribution in [3.63, 3.8) is 0 Å². The highest BCUT2D eigenvalue weighted by atomic mass is 16.6. The number of carbonyl (C=O) groups excluding carboxylic acids is 3. The van der Waals surface area contributed by atoms with Crippen LogP contribution < -0.4 is 11.1 Å². The fourth-order valence-corrected chi connectivity index (χ4v) is 5.97. The summed E-state index contributed by atoms with van der Waals surface area (Å²) in [7, 11) is 0. The number of nitriles is 1. The topological polar surface area (TPSA) is 200 Å². The zero-order chi connectivity index (χ0) is 35.3. The van der Waals surface area contributed by atoms with Gasteiger partial charge in [-0.3, -0.25) is 14.4 Å². The number of carbonyl (C=O) groups is 3. The summed E-state index contributed by atoms with van der Waals surface area (Å²) in [6.45, 7) is 10.7. The Balaban J connectivity index is 1.62. The van der Waals surface area contributed by atoms with Crippen LogP contribution in [-0.4, -0.2) is 80.7 Å². The van der Waals surface area contributed by atoms with Crippen LogP contribution in [0.25, 0.3) is 5.52 Å². The van der Waals surface area contributed by atoms with Gasteiger partial charge in [0.2, 0.25) is 5.60 Å². The van der Waals surface area contributed by atoms with Crippen LogP contribution in [0.3, 0.4) is 0 Å². The highest BCUT2D eigenvalue weighted by Crippen LogP contribution is 2.42. The Morgan fingerprint density at radius 2 is 1.92 bits per heavy atom. The molecule has 5 atom stereocenters. The number of nitrogens with two attached hydrogens (primary N) is 1. The van der Waals surface area contributed by atoms with Crippen molar-refractivity contribution in [2.45, 2.75) is 128 Å². The maximum absolute atomic E-state index is 13.2. The lowest BCUT2D eigenvalue weighted by molar-refractivity contribution is -0.163. The molecule has 1 aliphatic heterocycles. The summed E-state index contributed by atoms with van der Waals surface area (Å²) in [6, 6.07) is 4.08. The van der Waals surface area contributed by atoms with Gasteiger partial charge in [0.05, 0.1) is 5.69 Å². The average Bonchev–Trinajstić information content (AvgIpc) is 3.59. The van der Waals surface area contributed by atoms with Crippen molar-refractivity contribution >= 4 is 29.2 Å². The third-order valence-electron chi connectivity index (χ3n) is 9.20. The van der Waals surface area contributed by atoms with Gasteiger partial charge in [0.15, 0.2) is 11.9 Å². The fourth-order valence-electron chi connectivity index (χ4n) is 5.97. The largest absolute Gasteiger partial charge is 0.463 e. The van der Waals surface area contributed by atoms with Crippen molar-refractivity contribution < 1.29 is 38.4 Å². The third-order valence-corrected chi connectivity index (χ3v) is 9.20. The lowest BCUT2D eigenvalue weighted by Gasteiger charge is -2.29. The second-order valence-corrected chi connectivity index (χ2v) is 14.4. The number of aromatic nitrogens is 3. The Morgan fingerprint density at radius 3 is 2.56 bits per heavy atom. The first kappa shape index (κ1) is 37.2. The first-order chi connectivity index (χ1) is 22.6. The van der Waals surface area contributed by atoms with Gasteiger partial charge in [0.25, 0.3) is 5.91 Å². The number of ether oxygens (including phenoxy) is 4. The number of nitrogens with zero attached hydrogens (tertiary/aromatic N) is 4. The highest BCUT2D eigenvalue weighted by Gasteiger charge is 2.60. The monoisotopic (exact) mass is 670 g/mol. The van der Waals surface area contributed by atoms with E-state index in [0.717, 1.165) is 44.9 Å². The molecule has 2 fully saturated rings. The molecule has 2 aliphatic rings. The fraction of sp³-hybridized carbons (Fsp3) is 0.706. The normalized spacial score (nSPS) is 24.2. The van der Waals surface area contributed by atoms with Crippen molar-refractivity contribution in [3.05, 3.63) is 24.2 Å². The van der Waals surface area contributed by atoms with E-state index in [4.69, 9.17) is 24.7 Å². The summed E-state index contributed by atoms with van der Waals surface area (Å²) in [4.78, 5) is 43.4. The zero-order valence-corrected chi connectivity index (χ0v) is 28.9. The minimum Gasteiger partial charge on any atom is -0.463 e. The number of esters is 2. The van der Waals surface area contributed by atoms with E-state index in [1.165, 1.54) is 16.9 Å². The van der Waals surface area contributed by atoms with Gasteiger partial charge in [-0.25, -0.2) is 9.50 Å². The number of amides is 1. The van der Waals surface area contributed by atoms with E-state index in [9.17, 15) is 24.8 Å². The second kappa shape index (κ2) is 15.3. The molecule has 2 aromatic heterocycles. The molecule has 4 rings (SSSR count). The molecule has 48 heavy (non-hydrogen) atoms. The van der Waals surface area contributed by atoms with E-state index in [0.29, 0.717) is 12.1 Å². The van der Waals surface area contributed by atoms with Crippen LogP contribution in [0.1, 0.15) is 98.6 Å². The Bertz CT molecular complexity index is 1490. The molecule has 0 radical (unpaired) electrons. The van der Waals surface area contributed by atoms with Crippen molar-refractivity contribution in [3.8, 4) is 6.07 Å². The summed E-state index contributed by atoms with van der Waals surface area (Å²) in [5.41, 5.74) is 2.61. The van der Waals surface area contributed by atoms with Gasteiger partial charge < -0.3 is 35.1 Å². The number of nitrogens with one attached hydrogen (secondary N) is 1. The van der Waals surface area contributed by atoms with Crippen molar-refractivity contribution in [1.29, 1.82) is 5.26 Å². The van der Waals surface area contributed by atoms with Gasteiger partial charge in [-0.2, -0.15) is 10.4 Å². The maximum atomic E-state index is 13.2. The number of aliphatic hydroxyl groups excluding tert-OH is 1. The number of hydrogen-bond acceptors (Lipinski definition) is 12. The van der Waals surface area contributed by atoms with Gasteiger partial charge in [-0.05, 0) is 56.6 Å². The molecule has 14 heteroatoms. The van der Waals surface area contributed by atoms with Crippen LogP contribution >= 0.6 is 0 Å². The predicted octanol–water partition coefficient (Wildman–Crippen LogP) is 3.54. The van der Waals surface area contributed by atoms with E-state index in [-0.39, 0.29) is 30.5 Å². The van der Waals surface area contributed by atoms with Crippen LogP contribution in [0.15, 0.2) is 18.5 Å². The molecule has 1 aliphatic carbocycles. The van der Waals surface area contributed by atoms with Gasteiger partial charge in [-0.15, -0.1) is 0 Å². The Kier molecular flexibility index (Phi) is 11.8. The maximum Gasteiger partial charge on any atom is 0.323 e. The summed E-state index contributed by atoms with van der Waals surface area (Å²) in [5.74, 6) is -1.31. The number of hydrogen-bond donors (Lipinski definition) is 3. The SMILES string of the molecule is CCCCOC(C)(C)C(=O)Nc1ncnn2c([C@]3(C#N)O[C@H](COC(=O)CC4CCCCC4)[C@@H](OC(=O)[C@@H](N)C(C)(C)C)[C@H]3O)ccc12. The molecule has 3 heterocycles. The Hall–Kier alpha value is -3.64. The van der Waals surface area contributed by atoms with Gasteiger partial charge >= 0.3 is 11.9 Å². The summed E-state index contributed by atoms with van der Waals surface area (Å²) < 4.78 is 24.6. The summed E-state index contributed by atoms with van der Waals surface area (Å²) >= 11 is 0. The molecular formula is C34H50N6O8. The molecule has 0 bridgehead atoms. The third kappa shape index (κ3) is 8.14. The average molecular weight is 671 g/mol. The number of unbranched alkanes of at least 4 members (excludes halogenated alkanes) is 1. The van der Waals surface area contributed by atoms with Crippen LogP contribution in [0.2, 0.25) is 0 Å². The second-order valence-electron chi connectivity index (χ2n) is 14.4. The Labute approximate surface area is 281 Å². The molecule has 14 nitrogen and oxygen atoms in total. The van der Waals surface area contributed by atoms with E-state index in [1.807, 2.05) is 6.92 Å². The van der Waals surface area contributed by atoms with Gasteiger partial charge in [0.1, 0.15) is 48.4 Å². The molecule has 0 unspecified atom stereocenters. The molecule has 2 aromatic rings. The molecule has 0 aromatic carbocycles. The zero-order valence-electron chi connectivity index (χ0n) is 28.9.